The Hall–Kier alpha value is -0.610. The minimum atomic E-state index is -1.11. The topological polar surface area (TPSA) is 78.2 Å². The number of carbonyl (C=O) groups excluding carboxylic acids is 1. The highest BCUT2D eigenvalue weighted by molar-refractivity contribution is 5.66. The second-order valence-corrected chi connectivity index (χ2v) is 2.96. The Bertz CT molecular complexity index is 117. The maximum Gasteiger partial charge on any atom is 0.0552 e. The summed E-state index contributed by atoms with van der Waals surface area (Å²) in [7, 11) is 0. The Morgan fingerprint density at radius 3 is 2.50 bits per heavy atom. The lowest BCUT2D eigenvalue weighted by Gasteiger charge is -2.18. The summed E-state index contributed by atoms with van der Waals surface area (Å²) < 4.78 is 0. The van der Waals surface area contributed by atoms with E-state index >= 15 is 0 Å². The molecule has 0 fully saturated rings. The third-order valence-electron chi connectivity index (χ3n) is 0.850. The maximum atomic E-state index is 9.87. The molecule has 0 atom stereocenters. The highest BCUT2D eigenvalue weighted by Crippen LogP contribution is 1.91. The van der Waals surface area contributed by atoms with Gasteiger partial charge in [0.2, 0.25) is 0 Å². The molecule has 0 unspecified atom stereocenters. The standard InChI is InChI=1S/C6H14N2O2/c1-6(2,7)4-8-3-5(9)10/h8H,3-4,7H2,1-2H3,(H,9,10)/p-1. The van der Waals surface area contributed by atoms with Crippen molar-refractivity contribution in [1.29, 1.82) is 0 Å². The molecule has 0 aromatic carbocycles. The molecule has 4 heteroatoms. The number of hydrogen-bond acceptors (Lipinski definition) is 4. The third kappa shape index (κ3) is 7.39. The molecular weight excluding hydrogens is 132 g/mol. The lowest BCUT2D eigenvalue weighted by atomic mass is 10.1. The summed E-state index contributed by atoms with van der Waals surface area (Å²) in [6, 6.07) is 0. The first kappa shape index (κ1) is 9.39. The number of carbonyl (C=O) groups is 1. The van der Waals surface area contributed by atoms with Gasteiger partial charge in [-0.05, 0) is 13.8 Å². The molecule has 10 heavy (non-hydrogen) atoms. The monoisotopic (exact) mass is 145 g/mol. The number of nitrogens with two attached hydrogens (primary N) is 1. The van der Waals surface area contributed by atoms with Crippen LogP contribution in [-0.4, -0.2) is 24.6 Å². The number of rotatable bonds is 4. The minimum absolute atomic E-state index is 0.138. The van der Waals surface area contributed by atoms with E-state index in [1.165, 1.54) is 0 Å². The number of carboxylic acids is 1. The molecule has 0 aliphatic rings. The zero-order chi connectivity index (χ0) is 8.20. The summed E-state index contributed by atoms with van der Waals surface area (Å²) in [4.78, 5) is 9.87. The zero-order valence-electron chi connectivity index (χ0n) is 6.31. The average Bonchev–Trinajstić information content (AvgIpc) is 1.59. The summed E-state index contributed by atoms with van der Waals surface area (Å²) in [5, 5.41) is 12.5. The summed E-state index contributed by atoms with van der Waals surface area (Å²) in [5.41, 5.74) is 5.18. The number of nitrogens with one attached hydrogen (secondary N) is 1. The van der Waals surface area contributed by atoms with Crippen molar-refractivity contribution in [3.63, 3.8) is 0 Å². The van der Waals surface area contributed by atoms with Gasteiger partial charge in [-0.2, -0.15) is 0 Å². The molecule has 0 aliphatic heterocycles. The van der Waals surface area contributed by atoms with E-state index in [0.717, 1.165) is 0 Å². The van der Waals surface area contributed by atoms with Crippen LogP contribution in [0.3, 0.4) is 0 Å². The smallest absolute Gasteiger partial charge is 0.0552 e. The highest BCUT2D eigenvalue weighted by atomic mass is 16.4. The largest absolute Gasteiger partial charge is 0.549 e. The van der Waals surface area contributed by atoms with Gasteiger partial charge in [0.05, 0.1) is 5.97 Å². The van der Waals surface area contributed by atoms with Crippen molar-refractivity contribution in [1.82, 2.24) is 5.32 Å². The molecule has 3 N–H and O–H groups in total. The van der Waals surface area contributed by atoms with Crippen LogP contribution in [0.2, 0.25) is 0 Å². The normalized spacial score (nSPS) is 11.5. The van der Waals surface area contributed by atoms with Gasteiger partial charge in [0.15, 0.2) is 0 Å². The van der Waals surface area contributed by atoms with Gasteiger partial charge in [-0.15, -0.1) is 0 Å². The maximum absolute atomic E-state index is 9.87. The molecular formula is C6H13N2O2-. The van der Waals surface area contributed by atoms with Crippen LogP contribution in [0.1, 0.15) is 13.8 Å². The van der Waals surface area contributed by atoms with Gasteiger partial charge in [-0.25, -0.2) is 0 Å². The van der Waals surface area contributed by atoms with E-state index in [2.05, 4.69) is 5.32 Å². The van der Waals surface area contributed by atoms with Crippen molar-refractivity contribution in [2.45, 2.75) is 19.4 Å². The van der Waals surface area contributed by atoms with Crippen LogP contribution < -0.4 is 16.2 Å². The Labute approximate surface area is 60.4 Å². The first-order chi connectivity index (χ1) is 4.42. The fourth-order valence-electron chi connectivity index (χ4n) is 0.487. The number of aliphatic carboxylic acids is 1. The van der Waals surface area contributed by atoms with E-state index in [9.17, 15) is 9.90 Å². The van der Waals surface area contributed by atoms with E-state index in [4.69, 9.17) is 5.73 Å². The van der Waals surface area contributed by atoms with Gasteiger partial charge in [0.1, 0.15) is 0 Å². The van der Waals surface area contributed by atoms with Crippen LogP contribution in [0.4, 0.5) is 0 Å². The van der Waals surface area contributed by atoms with Gasteiger partial charge < -0.3 is 21.0 Å². The minimum Gasteiger partial charge on any atom is -0.549 e. The summed E-state index contributed by atoms with van der Waals surface area (Å²) in [6.45, 7) is 3.96. The molecule has 0 aliphatic carbocycles. The third-order valence-corrected chi connectivity index (χ3v) is 0.850. The number of carboxylic acid groups (broad SMARTS) is 1. The molecule has 0 amide bonds. The molecule has 60 valence electrons. The van der Waals surface area contributed by atoms with Crippen molar-refractivity contribution in [3.05, 3.63) is 0 Å². The fraction of sp³-hybridized carbons (Fsp3) is 0.833. The molecule has 0 saturated heterocycles. The van der Waals surface area contributed by atoms with E-state index in [-0.39, 0.29) is 12.1 Å². The van der Waals surface area contributed by atoms with Crippen LogP contribution in [0.25, 0.3) is 0 Å². The van der Waals surface area contributed by atoms with Crippen LogP contribution in [0.5, 0.6) is 0 Å². The second-order valence-electron chi connectivity index (χ2n) is 2.96. The Balaban J connectivity index is 3.29. The molecule has 4 nitrogen and oxygen atoms in total. The molecule has 0 aromatic rings. The molecule has 0 aromatic heterocycles. The van der Waals surface area contributed by atoms with E-state index < -0.39 is 5.97 Å². The Morgan fingerprint density at radius 1 is 1.70 bits per heavy atom. The quantitative estimate of drug-likeness (QED) is 0.482. The highest BCUT2D eigenvalue weighted by Gasteiger charge is 2.08. The lowest BCUT2D eigenvalue weighted by Crippen LogP contribution is -2.46. The van der Waals surface area contributed by atoms with Crippen molar-refractivity contribution >= 4 is 5.97 Å². The van der Waals surface area contributed by atoms with Gasteiger partial charge in [-0.3, -0.25) is 0 Å². The summed E-state index contributed by atoms with van der Waals surface area (Å²) >= 11 is 0. The van der Waals surface area contributed by atoms with Crippen molar-refractivity contribution in [2.75, 3.05) is 13.1 Å². The first-order valence-corrected chi connectivity index (χ1v) is 3.11. The van der Waals surface area contributed by atoms with Crippen molar-refractivity contribution < 1.29 is 9.90 Å². The van der Waals surface area contributed by atoms with Crippen LogP contribution >= 0.6 is 0 Å². The zero-order valence-corrected chi connectivity index (χ0v) is 6.31. The molecule has 0 saturated carbocycles. The van der Waals surface area contributed by atoms with E-state index in [1.807, 2.05) is 13.8 Å². The molecule has 0 heterocycles. The van der Waals surface area contributed by atoms with Crippen LogP contribution in [-0.2, 0) is 4.79 Å². The molecule has 0 spiro atoms. The SMILES string of the molecule is CC(C)(N)CNCC(=O)[O-]. The predicted octanol–water partition coefficient (Wildman–Crippen LogP) is -1.94. The average molecular weight is 145 g/mol. The van der Waals surface area contributed by atoms with E-state index in [1.54, 1.807) is 0 Å². The summed E-state index contributed by atoms with van der Waals surface area (Å²) in [6.07, 6.45) is 0. The van der Waals surface area contributed by atoms with Crippen LogP contribution in [0.15, 0.2) is 0 Å². The van der Waals surface area contributed by atoms with Gasteiger partial charge in [0.25, 0.3) is 0 Å². The van der Waals surface area contributed by atoms with E-state index in [0.29, 0.717) is 6.54 Å². The fourth-order valence-corrected chi connectivity index (χ4v) is 0.487. The molecule has 0 radical (unpaired) electrons. The van der Waals surface area contributed by atoms with Crippen LogP contribution in [0, 0.1) is 0 Å². The summed E-state index contributed by atoms with van der Waals surface area (Å²) in [5.74, 6) is -1.11. The lowest BCUT2D eigenvalue weighted by molar-refractivity contribution is -0.304. The number of hydrogen-bond donors (Lipinski definition) is 2. The van der Waals surface area contributed by atoms with Crippen molar-refractivity contribution in [2.24, 2.45) is 5.73 Å². The first-order valence-electron chi connectivity index (χ1n) is 3.11. The van der Waals surface area contributed by atoms with Gasteiger partial charge >= 0.3 is 0 Å². The molecule has 0 rings (SSSR count). The second kappa shape index (κ2) is 3.53. The Morgan fingerprint density at radius 2 is 2.20 bits per heavy atom. The van der Waals surface area contributed by atoms with Gasteiger partial charge in [-0.1, -0.05) is 0 Å². The predicted molar refractivity (Wildman–Crippen MR) is 36.1 cm³/mol. The Kier molecular flexibility index (Phi) is 3.32. The van der Waals surface area contributed by atoms with Crippen molar-refractivity contribution in [3.8, 4) is 0 Å². The molecule has 0 bridgehead atoms. The van der Waals surface area contributed by atoms with Gasteiger partial charge in [0, 0.05) is 18.6 Å².